The molecule has 1 heterocycles. The summed E-state index contributed by atoms with van der Waals surface area (Å²) in [5, 5.41) is 0. The van der Waals surface area contributed by atoms with E-state index < -0.39 is 30.1 Å². The molecule has 88 valence electrons. The van der Waals surface area contributed by atoms with Crippen LogP contribution in [0, 0.1) is 5.92 Å². The molecule has 0 saturated carbocycles. The van der Waals surface area contributed by atoms with E-state index in [2.05, 4.69) is 0 Å². The molecule has 3 nitrogen and oxygen atoms in total. The van der Waals surface area contributed by atoms with Gasteiger partial charge in [-0.25, -0.2) is 0 Å². The number of carbonyl (C=O) groups excluding carboxylic acids is 1. The van der Waals surface area contributed by atoms with Crippen LogP contribution in [0.15, 0.2) is 0 Å². The third-order valence-electron chi connectivity index (χ3n) is 2.85. The molecule has 2 unspecified atom stereocenters. The minimum Gasteiger partial charge on any atom is -0.338 e. The Balaban J connectivity index is 2.72. The van der Waals surface area contributed by atoms with Gasteiger partial charge in [-0.15, -0.1) is 0 Å². The van der Waals surface area contributed by atoms with Gasteiger partial charge in [-0.1, -0.05) is 0 Å². The van der Waals surface area contributed by atoms with Gasteiger partial charge in [0.05, 0.1) is 12.0 Å². The van der Waals surface area contributed by atoms with Crippen LogP contribution in [0.5, 0.6) is 0 Å². The van der Waals surface area contributed by atoms with Gasteiger partial charge in [0.1, 0.15) is 0 Å². The second-order valence-electron chi connectivity index (χ2n) is 4.00. The molecule has 2 N–H and O–H groups in total. The Hall–Kier alpha value is -0.780. The van der Waals surface area contributed by atoms with Crippen LogP contribution in [0.1, 0.15) is 20.3 Å². The molecule has 15 heavy (non-hydrogen) atoms. The molecule has 3 atom stereocenters. The number of hydrogen-bond donors (Lipinski definition) is 1. The van der Waals surface area contributed by atoms with Crippen LogP contribution < -0.4 is 5.73 Å². The topological polar surface area (TPSA) is 46.3 Å². The lowest BCUT2D eigenvalue weighted by molar-refractivity contribution is -0.179. The van der Waals surface area contributed by atoms with E-state index in [9.17, 15) is 18.0 Å². The van der Waals surface area contributed by atoms with Crippen molar-refractivity contribution in [2.24, 2.45) is 11.7 Å². The van der Waals surface area contributed by atoms with Crippen molar-refractivity contribution in [2.75, 3.05) is 6.54 Å². The lowest BCUT2D eigenvalue weighted by Crippen LogP contribution is -2.46. The largest absolute Gasteiger partial charge is 0.393 e. The van der Waals surface area contributed by atoms with E-state index in [0.29, 0.717) is 0 Å². The van der Waals surface area contributed by atoms with Gasteiger partial charge >= 0.3 is 6.18 Å². The average Bonchev–Trinajstić information content (AvgIpc) is 2.44. The molecule has 1 amide bonds. The second-order valence-corrected chi connectivity index (χ2v) is 4.00. The molecule has 1 fully saturated rings. The maximum absolute atomic E-state index is 12.5. The monoisotopic (exact) mass is 224 g/mol. The predicted octanol–water partition coefficient (Wildman–Crippen LogP) is 1.13. The normalized spacial score (nSPS) is 29.3. The van der Waals surface area contributed by atoms with Crippen molar-refractivity contribution < 1.29 is 18.0 Å². The standard InChI is InChI=1S/C9H15F3N2O/c1-5(13)8(15)14-4-3-7(6(14)2)9(10,11)12/h5-7H,3-4,13H2,1-2H3/t5-,6?,7?/m1/s1. The van der Waals surface area contributed by atoms with Crippen molar-refractivity contribution in [3.8, 4) is 0 Å². The van der Waals surface area contributed by atoms with Crippen molar-refractivity contribution in [3.63, 3.8) is 0 Å². The van der Waals surface area contributed by atoms with E-state index in [1.807, 2.05) is 0 Å². The molecule has 1 aliphatic heterocycles. The summed E-state index contributed by atoms with van der Waals surface area (Å²) < 4.78 is 37.4. The van der Waals surface area contributed by atoms with E-state index in [4.69, 9.17) is 5.73 Å². The van der Waals surface area contributed by atoms with Crippen LogP contribution in [0.2, 0.25) is 0 Å². The molecule has 0 aromatic carbocycles. The van der Waals surface area contributed by atoms with Crippen LogP contribution in [0.3, 0.4) is 0 Å². The number of nitrogens with two attached hydrogens (primary N) is 1. The zero-order valence-electron chi connectivity index (χ0n) is 8.71. The fourth-order valence-electron chi connectivity index (χ4n) is 1.95. The van der Waals surface area contributed by atoms with Gasteiger partial charge < -0.3 is 10.6 Å². The maximum Gasteiger partial charge on any atom is 0.393 e. The summed E-state index contributed by atoms with van der Waals surface area (Å²) in [4.78, 5) is 12.7. The summed E-state index contributed by atoms with van der Waals surface area (Å²) in [6.07, 6.45) is -4.25. The van der Waals surface area contributed by atoms with Crippen LogP contribution in [-0.2, 0) is 4.79 Å². The minimum absolute atomic E-state index is 0.0247. The summed E-state index contributed by atoms with van der Waals surface area (Å²) in [6, 6.07) is -1.54. The highest BCUT2D eigenvalue weighted by molar-refractivity contribution is 5.81. The van der Waals surface area contributed by atoms with Gasteiger partial charge in [0.25, 0.3) is 0 Å². The minimum atomic E-state index is -4.23. The highest BCUT2D eigenvalue weighted by Gasteiger charge is 2.49. The van der Waals surface area contributed by atoms with Gasteiger partial charge in [-0.05, 0) is 20.3 Å². The fraction of sp³-hybridized carbons (Fsp3) is 0.889. The smallest absolute Gasteiger partial charge is 0.338 e. The number of halogens is 3. The first kappa shape index (κ1) is 12.3. The Morgan fingerprint density at radius 2 is 2.07 bits per heavy atom. The third kappa shape index (κ3) is 2.42. The molecule has 0 aliphatic carbocycles. The summed E-state index contributed by atoms with van der Waals surface area (Å²) in [7, 11) is 0. The predicted molar refractivity (Wildman–Crippen MR) is 49.0 cm³/mol. The molecule has 6 heteroatoms. The molecule has 1 rings (SSSR count). The molecular weight excluding hydrogens is 209 g/mol. The molecule has 0 aromatic rings. The molecule has 0 spiro atoms. The van der Waals surface area contributed by atoms with Crippen molar-refractivity contribution in [1.82, 2.24) is 4.90 Å². The molecule has 0 aromatic heterocycles. The number of alkyl halides is 3. The quantitative estimate of drug-likeness (QED) is 0.725. The van der Waals surface area contributed by atoms with Crippen molar-refractivity contribution in [1.29, 1.82) is 0 Å². The zero-order chi connectivity index (χ0) is 11.8. The SMILES string of the molecule is CC1C(C(F)(F)F)CCN1C(=O)[C@@H](C)N. The van der Waals surface area contributed by atoms with E-state index >= 15 is 0 Å². The third-order valence-corrected chi connectivity index (χ3v) is 2.85. The first-order valence-corrected chi connectivity index (χ1v) is 4.88. The first-order valence-electron chi connectivity index (χ1n) is 4.88. The number of rotatable bonds is 1. The van der Waals surface area contributed by atoms with Gasteiger partial charge in [0, 0.05) is 12.6 Å². The van der Waals surface area contributed by atoms with E-state index in [-0.39, 0.29) is 13.0 Å². The fourth-order valence-corrected chi connectivity index (χ4v) is 1.95. The van der Waals surface area contributed by atoms with Crippen LogP contribution >= 0.6 is 0 Å². The molecule has 0 bridgehead atoms. The molecule has 0 radical (unpaired) electrons. The molecule has 1 saturated heterocycles. The average molecular weight is 224 g/mol. The van der Waals surface area contributed by atoms with Gasteiger partial charge in [-0.3, -0.25) is 4.79 Å². The van der Waals surface area contributed by atoms with Gasteiger partial charge in [0.15, 0.2) is 0 Å². The van der Waals surface area contributed by atoms with Gasteiger partial charge in [-0.2, -0.15) is 13.2 Å². The number of carbonyl (C=O) groups is 1. The number of likely N-dealkylation sites (tertiary alicyclic amines) is 1. The van der Waals surface area contributed by atoms with Crippen LogP contribution in [0.25, 0.3) is 0 Å². The number of hydrogen-bond acceptors (Lipinski definition) is 2. The number of amides is 1. The highest BCUT2D eigenvalue weighted by Crippen LogP contribution is 2.38. The summed E-state index contributed by atoms with van der Waals surface area (Å²) in [5.74, 6) is -1.82. The maximum atomic E-state index is 12.5. The van der Waals surface area contributed by atoms with Crippen molar-refractivity contribution in [3.05, 3.63) is 0 Å². The molecular formula is C9H15F3N2O. The van der Waals surface area contributed by atoms with E-state index in [1.54, 1.807) is 0 Å². The summed E-state index contributed by atoms with van der Waals surface area (Å²) in [6.45, 7) is 3.05. The number of nitrogens with zero attached hydrogens (tertiary/aromatic N) is 1. The van der Waals surface area contributed by atoms with Crippen molar-refractivity contribution >= 4 is 5.91 Å². The Labute approximate surface area is 86.4 Å². The van der Waals surface area contributed by atoms with Crippen molar-refractivity contribution in [2.45, 2.75) is 38.5 Å². The van der Waals surface area contributed by atoms with Crippen LogP contribution in [0.4, 0.5) is 13.2 Å². The zero-order valence-corrected chi connectivity index (χ0v) is 8.71. The Morgan fingerprint density at radius 1 is 1.53 bits per heavy atom. The Morgan fingerprint density at radius 3 is 2.40 bits per heavy atom. The molecule has 1 aliphatic rings. The highest BCUT2D eigenvalue weighted by atomic mass is 19.4. The second kappa shape index (κ2) is 4.00. The van der Waals surface area contributed by atoms with E-state index in [0.717, 1.165) is 0 Å². The van der Waals surface area contributed by atoms with Crippen LogP contribution in [-0.4, -0.2) is 35.6 Å². The Kier molecular flexibility index (Phi) is 3.28. The lowest BCUT2D eigenvalue weighted by atomic mass is 10.0. The Bertz CT molecular complexity index is 252. The first-order chi connectivity index (χ1) is 6.75. The van der Waals surface area contributed by atoms with E-state index in [1.165, 1.54) is 18.7 Å². The summed E-state index contributed by atoms with van der Waals surface area (Å²) in [5.41, 5.74) is 5.36. The van der Waals surface area contributed by atoms with Gasteiger partial charge in [0.2, 0.25) is 5.91 Å². The summed E-state index contributed by atoms with van der Waals surface area (Å²) >= 11 is 0. The lowest BCUT2D eigenvalue weighted by Gasteiger charge is -2.27.